The summed E-state index contributed by atoms with van der Waals surface area (Å²) < 4.78 is 22.9. The molecular formula is C34H28N2O4. The van der Waals surface area contributed by atoms with Crippen LogP contribution in [0.5, 0.6) is 17.2 Å². The summed E-state index contributed by atoms with van der Waals surface area (Å²) >= 11 is 0. The van der Waals surface area contributed by atoms with Crippen molar-refractivity contribution in [3.05, 3.63) is 119 Å². The van der Waals surface area contributed by atoms with Gasteiger partial charge in [0.2, 0.25) is 5.88 Å². The largest absolute Gasteiger partial charge is 0.497 e. The van der Waals surface area contributed by atoms with Crippen LogP contribution in [0.1, 0.15) is 22.3 Å². The zero-order valence-corrected chi connectivity index (χ0v) is 22.5. The third kappa shape index (κ3) is 5.90. The summed E-state index contributed by atoms with van der Waals surface area (Å²) in [6.07, 6.45) is 1.67. The minimum Gasteiger partial charge on any atom is -0.497 e. The van der Waals surface area contributed by atoms with Gasteiger partial charge in [-0.05, 0) is 72.1 Å². The fourth-order valence-electron chi connectivity index (χ4n) is 4.26. The molecule has 0 aliphatic rings. The van der Waals surface area contributed by atoms with Gasteiger partial charge in [0.05, 0.1) is 14.2 Å². The number of benzene rings is 4. The Hall–Kier alpha value is -5.28. The number of aryl methyl sites for hydroxylation is 1. The summed E-state index contributed by atoms with van der Waals surface area (Å²) in [5.41, 5.74) is 5.75. The van der Waals surface area contributed by atoms with Gasteiger partial charge >= 0.3 is 0 Å². The monoisotopic (exact) mass is 528 g/mol. The first-order valence-electron chi connectivity index (χ1n) is 12.8. The first-order chi connectivity index (χ1) is 19.6. The van der Waals surface area contributed by atoms with Crippen molar-refractivity contribution in [2.24, 2.45) is 4.99 Å². The third-order valence-electron chi connectivity index (χ3n) is 6.45. The van der Waals surface area contributed by atoms with E-state index in [4.69, 9.17) is 18.6 Å². The summed E-state index contributed by atoms with van der Waals surface area (Å²) in [7, 11) is 3.24. The topological polar surface area (TPSA) is 77.0 Å². The second-order valence-electron chi connectivity index (χ2n) is 9.16. The van der Waals surface area contributed by atoms with Crippen LogP contribution in [0.2, 0.25) is 0 Å². The Morgan fingerprint density at radius 3 is 2.08 bits per heavy atom. The standard InChI is InChI=1S/C34H28N2O4/c1-23-7-9-24(10-8-23)22-39-30-6-4-5-25(19-30)21-36-34-31(20-35)32(26-11-15-28(37-2)16-12-26)33(40-34)27-13-17-29(38-3)18-14-27/h4-19,21H,22H2,1-3H3. The summed E-state index contributed by atoms with van der Waals surface area (Å²) in [4.78, 5) is 4.60. The number of hydrogen-bond donors (Lipinski definition) is 0. The van der Waals surface area contributed by atoms with Crippen molar-refractivity contribution in [3.8, 4) is 45.8 Å². The van der Waals surface area contributed by atoms with E-state index < -0.39 is 0 Å². The average molecular weight is 529 g/mol. The number of nitrogens with zero attached hydrogens (tertiary/aromatic N) is 2. The van der Waals surface area contributed by atoms with Crippen LogP contribution in [0.15, 0.2) is 106 Å². The molecule has 0 amide bonds. The Bertz CT molecular complexity index is 1660. The maximum atomic E-state index is 10.2. The fourth-order valence-corrected chi connectivity index (χ4v) is 4.26. The van der Waals surface area contributed by atoms with Gasteiger partial charge in [-0.25, -0.2) is 4.99 Å². The van der Waals surface area contributed by atoms with Crippen molar-refractivity contribution >= 4 is 12.1 Å². The number of nitriles is 1. The Morgan fingerprint density at radius 1 is 0.800 bits per heavy atom. The van der Waals surface area contributed by atoms with Crippen LogP contribution < -0.4 is 14.2 Å². The van der Waals surface area contributed by atoms with Gasteiger partial charge in [-0.1, -0.05) is 54.1 Å². The molecule has 1 heterocycles. The smallest absolute Gasteiger partial charge is 0.238 e. The van der Waals surface area contributed by atoms with Crippen molar-refractivity contribution in [1.29, 1.82) is 5.26 Å². The quantitative estimate of drug-likeness (QED) is 0.180. The lowest BCUT2D eigenvalue weighted by Gasteiger charge is -2.07. The van der Waals surface area contributed by atoms with E-state index in [1.165, 1.54) is 5.56 Å². The number of aliphatic imine (C=N–C) groups is 1. The summed E-state index contributed by atoms with van der Waals surface area (Å²) in [5.74, 6) is 2.95. The van der Waals surface area contributed by atoms with Gasteiger partial charge in [0.1, 0.15) is 41.2 Å². The Morgan fingerprint density at radius 2 is 1.45 bits per heavy atom. The van der Waals surface area contributed by atoms with Gasteiger partial charge in [0, 0.05) is 17.3 Å². The van der Waals surface area contributed by atoms with Crippen LogP contribution in [-0.2, 0) is 6.61 Å². The highest BCUT2D eigenvalue weighted by Gasteiger charge is 2.23. The molecule has 40 heavy (non-hydrogen) atoms. The van der Waals surface area contributed by atoms with Crippen LogP contribution in [0.4, 0.5) is 5.88 Å². The van der Waals surface area contributed by atoms with Gasteiger partial charge in [-0.2, -0.15) is 5.26 Å². The molecule has 5 rings (SSSR count). The van der Waals surface area contributed by atoms with Crippen molar-refractivity contribution in [1.82, 2.24) is 0 Å². The first-order valence-corrected chi connectivity index (χ1v) is 12.8. The lowest BCUT2D eigenvalue weighted by Crippen LogP contribution is -1.96. The second kappa shape index (κ2) is 12.1. The molecule has 6 nitrogen and oxygen atoms in total. The van der Waals surface area contributed by atoms with E-state index in [1.54, 1.807) is 20.4 Å². The third-order valence-corrected chi connectivity index (χ3v) is 6.45. The van der Waals surface area contributed by atoms with Gasteiger partial charge < -0.3 is 18.6 Å². The van der Waals surface area contributed by atoms with E-state index >= 15 is 0 Å². The molecule has 0 bridgehead atoms. The number of ether oxygens (including phenoxy) is 3. The molecule has 0 aliphatic carbocycles. The predicted molar refractivity (Wildman–Crippen MR) is 157 cm³/mol. The van der Waals surface area contributed by atoms with Crippen LogP contribution in [-0.4, -0.2) is 20.4 Å². The molecule has 0 radical (unpaired) electrons. The Balaban J connectivity index is 1.48. The van der Waals surface area contributed by atoms with Crippen molar-refractivity contribution in [3.63, 3.8) is 0 Å². The fraction of sp³-hybridized carbons (Fsp3) is 0.118. The van der Waals surface area contributed by atoms with E-state index in [1.807, 2.05) is 72.8 Å². The SMILES string of the molecule is COc1ccc(-c2oc(N=Cc3cccc(OCc4ccc(C)cc4)c3)c(C#N)c2-c2ccc(OC)cc2)cc1. The van der Waals surface area contributed by atoms with Gasteiger partial charge in [-0.3, -0.25) is 0 Å². The molecule has 0 atom stereocenters. The van der Waals surface area contributed by atoms with Gasteiger partial charge in [0.25, 0.3) is 0 Å². The molecule has 0 N–H and O–H groups in total. The highest BCUT2D eigenvalue weighted by atomic mass is 16.5. The van der Waals surface area contributed by atoms with E-state index in [2.05, 4.69) is 42.3 Å². The Kier molecular flexibility index (Phi) is 7.94. The second-order valence-corrected chi connectivity index (χ2v) is 9.16. The van der Waals surface area contributed by atoms with E-state index in [-0.39, 0.29) is 5.88 Å². The minimum absolute atomic E-state index is 0.227. The maximum Gasteiger partial charge on any atom is 0.238 e. The lowest BCUT2D eigenvalue weighted by molar-refractivity contribution is 0.306. The van der Waals surface area contributed by atoms with Crippen LogP contribution in [0, 0.1) is 18.3 Å². The average Bonchev–Trinajstić information content (AvgIpc) is 3.38. The molecular weight excluding hydrogens is 500 g/mol. The maximum absolute atomic E-state index is 10.2. The molecule has 0 aliphatic heterocycles. The number of hydrogen-bond acceptors (Lipinski definition) is 6. The van der Waals surface area contributed by atoms with E-state index in [0.717, 1.165) is 39.5 Å². The first kappa shape index (κ1) is 26.3. The molecule has 0 saturated carbocycles. The van der Waals surface area contributed by atoms with Crippen molar-refractivity contribution < 1.29 is 18.6 Å². The van der Waals surface area contributed by atoms with E-state index in [9.17, 15) is 5.26 Å². The molecule has 6 heteroatoms. The molecule has 0 saturated heterocycles. The predicted octanol–water partition coefficient (Wildman–Crippen LogP) is 8.14. The molecule has 4 aromatic carbocycles. The van der Waals surface area contributed by atoms with Crippen LogP contribution in [0.25, 0.3) is 22.5 Å². The van der Waals surface area contributed by atoms with Crippen LogP contribution >= 0.6 is 0 Å². The summed E-state index contributed by atoms with van der Waals surface area (Å²) in [5, 5.41) is 10.2. The van der Waals surface area contributed by atoms with Crippen LogP contribution in [0.3, 0.4) is 0 Å². The molecule has 0 unspecified atom stereocenters. The Labute approximate surface area is 233 Å². The minimum atomic E-state index is 0.227. The highest BCUT2D eigenvalue weighted by molar-refractivity contribution is 5.90. The van der Waals surface area contributed by atoms with Crippen molar-refractivity contribution in [2.75, 3.05) is 14.2 Å². The number of rotatable bonds is 9. The number of methoxy groups -OCH3 is 2. The molecule has 1 aromatic heterocycles. The zero-order valence-electron chi connectivity index (χ0n) is 22.5. The zero-order chi connectivity index (χ0) is 27.9. The van der Waals surface area contributed by atoms with Gasteiger partial charge in [0.15, 0.2) is 0 Å². The number of furan rings is 1. The van der Waals surface area contributed by atoms with E-state index in [0.29, 0.717) is 23.5 Å². The summed E-state index contributed by atoms with van der Waals surface area (Å²) in [6.45, 7) is 2.53. The molecule has 198 valence electrons. The molecule has 0 spiro atoms. The van der Waals surface area contributed by atoms with Crippen molar-refractivity contribution in [2.45, 2.75) is 13.5 Å². The lowest BCUT2D eigenvalue weighted by atomic mass is 9.98. The normalized spacial score (nSPS) is 10.8. The highest BCUT2D eigenvalue weighted by Crippen LogP contribution is 2.43. The molecule has 5 aromatic rings. The van der Waals surface area contributed by atoms with Gasteiger partial charge in [-0.15, -0.1) is 0 Å². The summed E-state index contributed by atoms with van der Waals surface area (Å²) in [6, 6.07) is 33.2. The molecule has 0 fully saturated rings.